The Morgan fingerprint density at radius 3 is 2.32 bits per heavy atom. The Hall–Kier alpha value is -1.87. The first-order valence-electron chi connectivity index (χ1n) is 7.41. The lowest BCUT2D eigenvalue weighted by Gasteiger charge is -2.19. The third kappa shape index (κ3) is 4.57. The monoisotopic (exact) mass is 311 g/mol. The second-order valence-electron chi connectivity index (χ2n) is 6.46. The van der Waals surface area contributed by atoms with Crippen molar-refractivity contribution in [2.75, 3.05) is 0 Å². The zero-order valence-electron chi connectivity index (χ0n) is 13.3. The quantitative estimate of drug-likeness (QED) is 0.599. The van der Waals surface area contributed by atoms with Gasteiger partial charge in [0.05, 0.1) is 0 Å². The Morgan fingerprint density at radius 2 is 1.77 bits per heavy atom. The number of benzene rings is 1. The van der Waals surface area contributed by atoms with Crippen LogP contribution in [0.25, 0.3) is 0 Å². The number of hydrogen-bond donors (Lipinski definition) is 0. The van der Waals surface area contributed by atoms with Gasteiger partial charge in [0.2, 0.25) is 0 Å². The molecule has 2 rings (SSSR count). The van der Waals surface area contributed by atoms with Crippen LogP contribution in [0.1, 0.15) is 48.8 Å². The number of hydrogen-bond acceptors (Lipinski definition) is 3. The number of aromatic nitrogens is 1. The minimum atomic E-state index is 0.0707. The molecule has 0 saturated carbocycles. The fourth-order valence-corrected chi connectivity index (χ4v) is 2.48. The summed E-state index contributed by atoms with van der Waals surface area (Å²) in [4.78, 5) is 17.3. The molecule has 0 fully saturated rings. The molecule has 0 amide bonds. The van der Waals surface area contributed by atoms with Gasteiger partial charge in [-0.05, 0) is 23.1 Å². The molecule has 0 atom stereocenters. The number of Topliss-reactive ketones (excluding diaryl/α,β-unsaturated/α-hetero) is 1. The molecule has 0 radical (unpaired) electrons. The standard InChI is InChI=1S/C19H21NOS/c1-19(2,3)15-9-7-14(8-10-15)18(21)13-17(22)12-16-6-4-5-11-20-16/h4-11H,12-13H2,1-3H3. The Morgan fingerprint density at radius 1 is 1.09 bits per heavy atom. The normalized spacial score (nSPS) is 11.2. The number of thiocarbonyl (C=S) groups is 1. The molecule has 0 spiro atoms. The van der Waals surface area contributed by atoms with Gasteiger partial charge in [0, 0.05) is 35.2 Å². The molecular weight excluding hydrogens is 290 g/mol. The summed E-state index contributed by atoms with van der Waals surface area (Å²) in [5, 5.41) is 0. The summed E-state index contributed by atoms with van der Waals surface area (Å²) in [6.45, 7) is 6.48. The van der Waals surface area contributed by atoms with Crippen molar-refractivity contribution in [3.63, 3.8) is 0 Å². The van der Waals surface area contributed by atoms with E-state index in [1.807, 2.05) is 42.5 Å². The van der Waals surface area contributed by atoms with Crippen LogP contribution in [0.2, 0.25) is 0 Å². The van der Waals surface area contributed by atoms with E-state index < -0.39 is 0 Å². The van der Waals surface area contributed by atoms with Gasteiger partial charge in [-0.1, -0.05) is 63.3 Å². The molecule has 0 aliphatic carbocycles. The van der Waals surface area contributed by atoms with E-state index in [0.29, 0.717) is 12.8 Å². The number of rotatable bonds is 5. The van der Waals surface area contributed by atoms with Crippen LogP contribution in [0.5, 0.6) is 0 Å². The predicted molar refractivity (Wildman–Crippen MR) is 94.6 cm³/mol. The third-order valence-corrected chi connectivity index (χ3v) is 3.82. The summed E-state index contributed by atoms with van der Waals surface area (Å²) in [7, 11) is 0. The fraction of sp³-hybridized carbons (Fsp3) is 0.316. The molecule has 0 aliphatic rings. The van der Waals surface area contributed by atoms with Crippen LogP contribution in [0.15, 0.2) is 48.7 Å². The van der Waals surface area contributed by atoms with Gasteiger partial charge in [-0.15, -0.1) is 0 Å². The average Bonchev–Trinajstić information content (AvgIpc) is 2.47. The van der Waals surface area contributed by atoms with Gasteiger partial charge in [-0.25, -0.2) is 0 Å². The molecule has 0 unspecified atom stereocenters. The third-order valence-electron chi connectivity index (χ3n) is 3.54. The van der Waals surface area contributed by atoms with Crippen molar-refractivity contribution in [1.29, 1.82) is 0 Å². The molecule has 1 heterocycles. The highest BCUT2D eigenvalue weighted by atomic mass is 32.1. The molecule has 0 saturated heterocycles. The summed E-state index contributed by atoms with van der Waals surface area (Å²) in [6, 6.07) is 13.6. The van der Waals surface area contributed by atoms with E-state index >= 15 is 0 Å². The van der Waals surface area contributed by atoms with Crippen LogP contribution in [-0.4, -0.2) is 15.6 Å². The molecule has 1 aromatic heterocycles. The van der Waals surface area contributed by atoms with E-state index in [0.717, 1.165) is 16.1 Å². The van der Waals surface area contributed by atoms with Crippen molar-refractivity contribution in [3.8, 4) is 0 Å². The van der Waals surface area contributed by atoms with Gasteiger partial charge in [0.1, 0.15) is 0 Å². The van der Waals surface area contributed by atoms with Crippen molar-refractivity contribution in [3.05, 3.63) is 65.5 Å². The van der Waals surface area contributed by atoms with Crippen LogP contribution in [0, 0.1) is 0 Å². The summed E-state index contributed by atoms with van der Waals surface area (Å²) >= 11 is 5.34. The lowest BCUT2D eigenvalue weighted by molar-refractivity contribution is 0.100. The van der Waals surface area contributed by atoms with Crippen molar-refractivity contribution >= 4 is 22.9 Å². The zero-order chi connectivity index (χ0) is 16.2. The second-order valence-corrected chi connectivity index (χ2v) is 7.04. The highest BCUT2D eigenvalue weighted by Crippen LogP contribution is 2.22. The fourth-order valence-electron chi connectivity index (χ4n) is 2.20. The number of carbonyl (C=O) groups excluding carboxylic acids is 1. The molecule has 3 heteroatoms. The van der Waals surface area contributed by atoms with Gasteiger partial charge >= 0.3 is 0 Å². The van der Waals surface area contributed by atoms with Crippen molar-refractivity contribution in [1.82, 2.24) is 4.98 Å². The number of ketones is 1. The number of pyridine rings is 1. The van der Waals surface area contributed by atoms with E-state index in [1.165, 1.54) is 5.56 Å². The zero-order valence-corrected chi connectivity index (χ0v) is 14.1. The Labute approximate surface area is 137 Å². The molecule has 2 nitrogen and oxygen atoms in total. The van der Waals surface area contributed by atoms with E-state index in [1.54, 1.807) is 6.20 Å². The van der Waals surface area contributed by atoms with Crippen molar-refractivity contribution in [2.24, 2.45) is 0 Å². The van der Waals surface area contributed by atoms with E-state index in [4.69, 9.17) is 12.2 Å². The largest absolute Gasteiger partial charge is 0.294 e. The highest BCUT2D eigenvalue weighted by molar-refractivity contribution is 7.80. The second kappa shape index (κ2) is 6.93. The smallest absolute Gasteiger partial charge is 0.167 e. The summed E-state index contributed by atoms with van der Waals surface area (Å²) in [5.41, 5.74) is 2.94. The van der Waals surface area contributed by atoms with Gasteiger partial charge < -0.3 is 0 Å². The molecule has 2 aromatic rings. The van der Waals surface area contributed by atoms with E-state index in [-0.39, 0.29) is 11.2 Å². The summed E-state index contributed by atoms with van der Waals surface area (Å²) in [6.07, 6.45) is 2.60. The Balaban J connectivity index is 1.98. The number of carbonyl (C=O) groups is 1. The maximum atomic E-state index is 12.3. The predicted octanol–water partition coefficient (Wildman–Crippen LogP) is 4.56. The van der Waals surface area contributed by atoms with Crippen molar-refractivity contribution in [2.45, 2.75) is 39.0 Å². The minimum absolute atomic E-state index is 0.0707. The van der Waals surface area contributed by atoms with Crippen LogP contribution in [0.3, 0.4) is 0 Å². The van der Waals surface area contributed by atoms with Crippen molar-refractivity contribution < 1.29 is 4.79 Å². The maximum Gasteiger partial charge on any atom is 0.167 e. The molecule has 0 N–H and O–H groups in total. The first-order valence-corrected chi connectivity index (χ1v) is 7.82. The van der Waals surface area contributed by atoms with Gasteiger partial charge in [0.15, 0.2) is 5.78 Å². The molecule has 1 aromatic carbocycles. The van der Waals surface area contributed by atoms with Gasteiger partial charge in [0.25, 0.3) is 0 Å². The maximum absolute atomic E-state index is 12.3. The van der Waals surface area contributed by atoms with Crippen LogP contribution in [0.4, 0.5) is 0 Å². The van der Waals surface area contributed by atoms with E-state index in [2.05, 4.69) is 25.8 Å². The lowest BCUT2D eigenvalue weighted by Crippen LogP contribution is -2.12. The molecule has 114 valence electrons. The minimum Gasteiger partial charge on any atom is -0.294 e. The van der Waals surface area contributed by atoms with Crippen LogP contribution < -0.4 is 0 Å². The number of nitrogens with zero attached hydrogens (tertiary/aromatic N) is 1. The summed E-state index contributed by atoms with van der Waals surface area (Å²) < 4.78 is 0. The Kier molecular flexibility index (Phi) is 5.19. The van der Waals surface area contributed by atoms with Gasteiger partial charge in [-0.3, -0.25) is 9.78 Å². The lowest BCUT2D eigenvalue weighted by atomic mass is 9.86. The summed E-state index contributed by atoms with van der Waals surface area (Å²) in [5.74, 6) is 0.0707. The van der Waals surface area contributed by atoms with Gasteiger partial charge in [-0.2, -0.15) is 0 Å². The van der Waals surface area contributed by atoms with Crippen LogP contribution in [-0.2, 0) is 11.8 Å². The Bertz CT molecular complexity index is 654. The first kappa shape index (κ1) is 16.5. The van der Waals surface area contributed by atoms with Crippen LogP contribution >= 0.6 is 12.2 Å². The SMILES string of the molecule is CC(C)(C)c1ccc(C(=O)CC(=S)Cc2ccccn2)cc1. The molecule has 0 bridgehead atoms. The molecular formula is C19H21NOS. The average molecular weight is 311 g/mol. The first-order chi connectivity index (χ1) is 10.4. The highest BCUT2D eigenvalue weighted by Gasteiger charge is 2.15. The molecule has 0 aliphatic heterocycles. The molecule has 22 heavy (non-hydrogen) atoms. The topological polar surface area (TPSA) is 30.0 Å². The van der Waals surface area contributed by atoms with E-state index in [9.17, 15) is 4.79 Å².